The van der Waals surface area contributed by atoms with Crippen LogP contribution in [0, 0.1) is 0 Å². The summed E-state index contributed by atoms with van der Waals surface area (Å²) in [5.41, 5.74) is 1.17. The molecule has 0 amide bonds. The predicted octanol–water partition coefficient (Wildman–Crippen LogP) is 1.62. The third-order valence-electron chi connectivity index (χ3n) is 3.44. The van der Waals surface area contributed by atoms with E-state index in [1.807, 2.05) is 0 Å². The number of ether oxygens (including phenoxy) is 1. The highest BCUT2D eigenvalue weighted by atomic mass is 32.1. The first-order chi connectivity index (χ1) is 8.33. The Morgan fingerprint density at radius 1 is 1.53 bits per heavy atom. The first-order valence-electron chi connectivity index (χ1n) is 6.31. The van der Waals surface area contributed by atoms with E-state index in [1.54, 1.807) is 11.3 Å². The summed E-state index contributed by atoms with van der Waals surface area (Å²) in [4.78, 5) is 6.94. The van der Waals surface area contributed by atoms with Gasteiger partial charge in [0.05, 0.1) is 18.3 Å². The Morgan fingerprint density at radius 2 is 2.41 bits per heavy atom. The average Bonchev–Trinajstić information content (AvgIpc) is 2.86. The molecule has 1 aromatic heterocycles. The topological polar surface area (TPSA) is 37.4 Å². The van der Waals surface area contributed by atoms with Crippen LogP contribution in [0.3, 0.4) is 0 Å². The molecule has 1 aliphatic carbocycles. The molecule has 1 aliphatic heterocycles. The second kappa shape index (κ2) is 4.92. The quantitative estimate of drug-likeness (QED) is 0.865. The Balaban J connectivity index is 1.57. The molecule has 4 nitrogen and oxygen atoms in total. The Labute approximate surface area is 106 Å². The summed E-state index contributed by atoms with van der Waals surface area (Å²) in [6.07, 6.45) is 3.78. The Hall–Kier alpha value is -0.650. The second-order valence-corrected chi connectivity index (χ2v) is 5.74. The first kappa shape index (κ1) is 11.4. The molecule has 17 heavy (non-hydrogen) atoms. The smallest absolute Gasteiger partial charge is 0.185 e. The van der Waals surface area contributed by atoms with Gasteiger partial charge in [-0.25, -0.2) is 4.98 Å². The van der Waals surface area contributed by atoms with Crippen molar-refractivity contribution < 1.29 is 4.74 Å². The summed E-state index contributed by atoms with van der Waals surface area (Å²) >= 11 is 1.74. The predicted molar refractivity (Wildman–Crippen MR) is 69.6 cm³/mol. The van der Waals surface area contributed by atoms with Gasteiger partial charge in [0.15, 0.2) is 5.13 Å². The van der Waals surface area contributed by atoms with E-state index in [9.17, 15) is 0 Å². The molecule has 1 N–H and O–H groups in total. The van der Waals surface area contributed by atoms with Crippen LogP contribution in [0.1, 0.15) is 25.0 Å². The van der Waals surface area contributed by atoms with E-state index < -0.39 is 0 Å². The van der Waals surface area contributed by atoms with Crippen LogP contribution in [-0.4, -0.2) is 37.3 Å². The van der Waals surface area contributed by atoms with Crippen molar-refractivity contribution in [1.29, 1.82) is 0 Å². The van der Waals surface area contributed by atoms with Gasteiger partial charge in [0.25, 0.3) is 0 Å². The molecule has 2 fully saturated rings. The minimum atomic E-state index is 0.505. The first-order valence-corrected chi connectivity index (χ1v) is 7.19. The van der Waals surface area contributed by atoms with E-state index in [1.165, 1.54) is 18.5 Å². The number of anilines is 1. The lowest BCUT2D eigenvalue weighted by atomic mass is 10.2. The highest BCUT2D eigenvalue weighted by Crippen LogP contribution is 2.25. The zero-order valence-electron chi connectivity index (χ0n) is 10.2. The van der Waals surface area contributed by atoms with Crippen molar-refractivity contribution in [3.05, 3.63) is 11.1 Å². The molecule has 1 unspecified atom stereocenters. The number of aromatic nitrogens is 1. The van der Waals surface area contributed by atoms with Crippen LogP contribution in [0.2, 0.25) is 0 Å². The summed E-state index contributed by atoms with van der Waals surface area (Å²) < 4.78 is 5.42. The van der Waals surface area contributed by atoms with Crippen LogP contribution >= 0.6 is 11.3 Å². The summed E-state index contributed by atoms with van der Waals surface area (Å²) in [5.74, 6) is 0. The number of thiazole rings is 1. The van der Waals surface area contributed by atoms with Crippen LogP contribution in [0.15, 0.2) is 5.38 Å². The molecule has 0 aromatic carbocycles. The van der Waals surface area contributed by atoms with Gasteiger partial charge in [0, 0.05) is 31.6 Å². The van der Waals surface area contributed by atoms with Gasteiger partial charge in [-0.1, -0.05) is 0 Å². The highest BCUT2D eigenvalue weighted by Gasteiger charge is 2.23. The molecule has 3 rings (SSSR count). The standard InChI is InChI=1S/C12H19N3OS/c1-15(11-4-5-16-7-11)12-14-10(8-17-12)6-13-9-2-3-9/h8-9,11,13H,2-7H2,1H3. The van der Waals surface area contributed by atoms with E-state index >= 15 is 0 Å². The SMILES string of the molecule is CN(c1nc(CNC2CC2)cs1)C1CCOC1. The Kier molecular flexibility index (Phi) is 3.31. The fourth-order valence-corrected chi connectivity index (χ4v) is 2.92. The lowest BCUT2D eigenvalue weighted by molar-refractivity contribution is 0.193. The van der Waals surface area contributed by atoms with Crippen molar-refractivity contribution in [1.82, 2.24) is 10.3 Å². The van der Waals surface area contributed by atoms with Gasteiger partial charge in [-0.05, 0) is 19.3 Å². The van der Waals surface area contributed by atoms with Crippen molar-refractivity contribution >= 4 is 16.5 Å². The van der Waals surface area contributed by atoms with Gasteiger partial charge in [-0.15, -0.1) is 11.3 Å². The number of likely N-dealkylation sites (N-methyl/N-ethyl adjacent to an activating group) is 1. The van der Waals surface area contributed by atoms with Crippen molar-refractivity contribution in [2.75, 3.05) is 25.2 Å². The zero-order chi connectivity index (χ0) is 11.7. The van der Waals surface area contributed by atoms with Crippen LogP contribution < -0.4 is 10.2 Å². The zero-order valence-corrected chi connectivity index (χ0v) is 11.0. The van der Waals surface area contributed by atoms with E-state index in [-0.39, 0.29) is 0 Å². The second-order valence-electron chi connectivity index (χ2n) is 4.90. The molecular formula is C12H19N3OS. The number of hydrogen-bond donors (Lipinski definition) is 1. The molecule has 5 heteroatoms. The average molecular weight is 253 g/mol. The monoisotopic (exact) mass is 253 g/mol. The van der Waals surface area contributed by atoms with Gasteiger partial charge in [-0.2, -0.15) is 0 Å². The summed E-state index contributed by atoms with van der Waals surface area (Å²) in [7, 11) is 2.12. The van der Waals surface area contributed by atoms with Crippen LogP contribution in [-0.2, 0) is 11.3 Å². The molecule has 1 saturated carbocycles. The number of rotatable bonds is 5. The summed E-state index contributed by atoms with van der Waals surface area (Å²) in [6, 6.07) is 1.26. The maximum atomic E-state index is 5.42. The van der Waals surface area contributed by atoms with Crippen LogP contribution in [0.4, 0.5) is 5.13 Å². The molecule has 0 radical (unpaired) electrons. The molecular weight excluding hydrogens is 234 g/mol. The number of hydrogen-bond acceptors (Lipinski definition) is 5. The lowest BCUT2D eigenvalue weighted by Crippen LogP contribution is -2.31. The summed E-state index contributed by atoms with van der Waals surface area (Å²) in [6.45, 7) is 2.64. The minimum absolute atomic E-state index is 0.505. The van der Waals surface area contributed by atoms with Crippen molar-refractivity contribution in [2.24, 2.45) is 0 Å². The molecule has 2 aliphatic rings. The van der Waals surface area contributed by atoms with Crippen molar-refractivity contribution in [3.63, 3.8) is 0 Å². The third-order valence-corrected chi connectivity index (χ3v) is 4.42. The molecule has 1 saturated heterocycles. The lowest BCUT2D eigenvalue weighted by Gasteiger charge is -2.21. The van der Waals surface area contributed by atoms with Crippen molar-refractivity contribution in [2.45, 2.75) is 37.9 Å². The number of nitrogens with zero attached hydrogens (tertiary/aromatic N) is 2. The van der Waals surface area contributed by atoms with E-state index in [0.29, 0.717) is 6.04 Å². The van der Waals surface area contributed by atoms with Gasteiger partial charge < -0.3 is 15.0 Å². The molecule has 0 spiro atoms. The maximum absolute atomic E-state index is 5.42. The Bertz CT molecular complexity index is 372. The van der Waals surface area contributed by atoms with Gasteiger partial charge in [0.1, 0.15) is 0 Å². The molecule has 1 aromatic rings. The summed E-state index contributed by atoms with van der Waals surface area (Å²) in [5, 5.41) is 6.78. The van der Waals surface area contributed by atoms with Gasteiger partial charge in [-0.3, -0.25) is 0 Å². The van der Waals surface area contributed by atoms with E-state index in [4.69, 9.17) is 4.74 Å². The highest BCUT2D eigenvalue weighted by molar-refractivity contribution is 7.13. The molecule has 2 heterocycles. The fraction of sp³-hybridized carbons (Fsp3) is 0.750. The van der Waals surface area contributed by atoms with Crippen LogP contribution in [0.5, 0.6) is 0 Å². The Morgan fingerprint density at radius 3 is 3.12 bits per heavy atom. The van der Waals surface area contributed by atoms with E-state index in [2.05, 4.69) is 27.6 Å². The number of nitrogens with one attached hydrogen (secondary N) is 1. The third kappa shape index (κ3) is 2.78. The largest absolute Gasteiger partial charge is 0.379 e. The van der Waals surface area contributed by atoms with Gasteiger partial charge >= 0.3 is 0 Å². The fourth-order valence-electron chi connectivity index (χ4n) is 2.06. The molecule has 94 valence electrons. The molecule has 0 bridgehead atoms. The van der Waals surface area contributed by atoms with E-state index in [0.717, 1.165) is 37.4 Å². The van der Waals surface area contributed by atoms with Gasteiger partial charge in [0.2, 0.25) is 0 Å². The molecule has 1 atom stereocenters. The minimum Gasteiger partial charge on any atom is -0.379 e. The van der Waals surface area contributed by atoms with Crippen LogP contribution in [0.25, 0.3) is 0 Å². The van der Waals surface area contributed by atoms with Crippen molar-refractivity contribution in [3.8, 4) is 0 Å². The maximum Gasteiger partial charge on any atom is 0.185 e. The normalized spacial score (nSPS) is 24.2.